The van der Waals surface area contributed by atoms with E-state index in [2.05, 4.69) is 57.6 Å². The Morgan fingerprint density at radius 3 is 2.64 bits per heavy atom. The molecule has 0 bridgehead atoms. The second-order valence-corrected chi connectivity index (χ2v) is 7.10. The van der Waals surface area contributed by atoms with Crippen LogP contribution in [0.2, 0.25) is 0 Å². The van der Waals surface area contributed by atoms with Gasteiger partial charge in [-0.1, -0.05) is 36.4 Å². The number of benzene rings is 1. The second-order valence-electron chi connectivity index (χ2n) is 5.12. The maximum atomic E-state index is 4.70. The number of aliphatic imine (C=N–C) groups is 1. The molecule has 2 N–H and O–H groups in total. The Morgan fingerprint density at radius 2 is 1.92 bits per heavy atom. The summed E-state index contributed by atoms with van der Waals surface area (Å²) in [5, 5.41) is 11.9. The highest BCUT2D eigenvalue weighted by Gasteiger charge is 2.05. The maximum Gasteiger partial charge on any atom is 0.191 e. The molecule has 132 valence electrons. The average Bonchev–Trinajstić information content (AvgIpc) is 3.30. The van der Waals surface area contributed by atoms with E-state index in [1.54, 1.807) is 22.7 Å². The summed E-state index contributed by atoms with van der Waals surface area (Å²) in [5.41, 5.74) is 2.18. The summed E-state index contributed by atoms with van der Waals surface area (Å²) in [4.78, 5) is 10.6. The van der Waals surface area contributed by atoms with Crippen molar-refractivity contribution in [3.05, 3.63) is 63.1 Å². The highest BCUT2D eigenvalue weighted by Crippen LogP contribution is 2.21. The van der Waals surface area contributed by atoms with Crippen molar-refractivity contribution in [1.82, 2.24) is 15.6 Å². The largest absolute Gasteiger partial charge is 0.357 e. The van der Waals surface area contributed by atoms with Gasteiger partial charge in [-0.15, -0.1) is 46.7 Å². The van der Waals surface area contributed by atoms with Crippen LogP contribution in [-0.4, -0.2) is 17.5 Å². The molecule has 3 rings (SSSR count). The number of thiazole rings is 1. The van der Waals surface area contributed by atoms with Gasteiger partial charge in [0.15, 0.2) is 5.96 Å². The first-order valence-electron chi connectivity index (χ1n) is 7.89. The summed E-state index contributed by atoms with van der Waals surface area (Å²) in [6.45, 7) is 4.27. The Labute approximate surface area is 173 Å². The Morgan fingerprint density at radius 1 is 1.08 bits per heavy atom. The number of aromatic nitrogens is 1. The lowest BCUT2D eigenvalue weighted by Gasteiger charge is -2.09. The van der Waals surface area contributed by atoms with Crippen LogP contribution in [-0.2, 0) is 13.1 Å². The van der Waals surface area contributed by atoms with Crippen molar-refractivity contribution in [3.8, 4) is 11.3 Å². The third-order valence-corrected chi connectivity index (χ3v) is 5.06. The number of rotatable bonds is 6. The van der Waals surface area contributed by atoms with E-state index >= 15 is 0 Å². The first-order chi connectivity index (χ1) is 11.8. The molecule has 0 amide bonds. The van der Waals surface area contributed by atoms with Crippen molar-refractivity contribution in [1.29, 1.82) is 0 Å². The van der Waals surface area contributed by atoms with Gasteiger partial charge in [-0.05, 0) is 18.4 Å². The standard InChI is InChI=1S/C18H20N4S2.HI/c1-2-19-18(20-11-15-9-6-10-23-15)21-12-17-22-16(13-24-17)14-7-4-3-5-8-14;/h3-10,13H,2,11-12H2,1H3,(H2,19,20,21);1H. The monoisotopic (exact) mass is 484 g/mol. The van der Waals surface area contributed by atoms with Gasteiger partial charge in [0.25, 0.3) is 0 Å². The number of hydrogen-bond donors (Lipinski definition) is 2. The van der Waals surface area contributed by atoms with E-state index in [4.69, 9.17) is 4.98 Å². The molecule has 0 aliphatic carbocycles. The lowest BCUT2D eigenvalue weighted by atomic mass is 10.2. The van der Waals surface area contributed by atoms with Crippen molar-refractivity contribution in [2.45, 2.75) is 20.0 Å². The molecule has 0 saturated carbocycles. The minimum Gasteiger partial charge on any atom is -0.357 e. The lowest BCUT2D eigenvalue weighted by molar-refractivity contribution is 0.813. The van der Waals surface area contributed by atoms with Crippen LogP contribution in [0.15, 0.2) is 58.2 Å². The van der Waals surface area contributed by atoms with Crippen LogP contribution >= 0.6 is 46.7 Å². The Balaban J connectivity index is 0.00000225. The predicted molar refractivity (Wildman–Crippen MR) is 119 cm³/mol. The van der Waals surface area contributed by atoms with Gasteiger partial charge < -0.3 is 10.6 Å². The van der Waals surface area contributed by atoms with Crippen LogP contribution < -0.4 is 10.6 Å². The Kier molecular flexibility index (Phi) is 8.36. The Bertz CT molecular complexity index is 769. The molecule has 0 aliphatic heterocycles. The fourth-order valence-electron chi connectivity index (χ4n) is 2.19. The highest BCUT2D eigenvalue weighted by atomic mass is 127. The fraction of sp³-hybridized carbons (Fsp3) is 0.222. The molecule has 0 spiro atoms. The molecule has 0 saturated heterocycles. The molecule has 2 heterocycles. The number of guanidine groups is 1. The van der Waals surface area contributed by atoms with Crippen LogP contribution in [0.3, 0.4) is 0 Å². The number of hydrogen-bond acceptors (Lipinski definition) is 4. The zero-order chi connectivity index (χ0) is 16.6. The molecule has 2 aromatic heterocycles. The minimum absolute atomic E-state index is 0. The van der Waals surface area contributed by atoms with Gasteiger partial charge in [0, 0.05) is 22.4 Å². The van der Waals surface area contributed by atoms with E-state index in [-0.39, 0.29) is 24.0 Å². The minimum atomic E-state index is 0. The van der Waals surface area contributed by atoms with E-state index in [1.165, 1.54) is 4.88 Å². The van der Waals surface area contributed by atoms with Gasteiger partial charge in [0.05, 0.1) is 18.8 Å². The van der Waals surface area contributed by atoms with Crippen molar-refractivity contribution in [2.24, 2.45) is 4.99 Å². The van der Waals surface area contributed by atoms with Crippen LogP contribution in [0.5, 0.6) is 0 Å². The van der Waals surface area contributed by atoms with Crippen LogP contribution in [0.4, 0.5) is 0 Å². The third kappa shape index (κ3) is 6.09. The van der Waals surface area contributed by atoms with E-state index in [9.17, 15) is 0 Å². The molecule has 0 fully saturated rings. The number of halogens is 1. The normalized spacial score (nSPS) is 11.0. The van der Waals surface area contributed by atoms with Crippen LogP contribution in [0, 0.1) is 0 Å². The molecule has 0 aliphatic rings. The number of nitrogens with one attached hydrogen (secondary N) is 2. The van der Waals surface area contributed by atoms with Gasteiger partial charge in [0.2, 0.25) is 0 Å². The smallest absolute Gasteiger partial charge is 0.191 e. The van der Waals surface area contributed by atoms with Gasteiger partial charge in [-0.25, -0.2) is 9.98 Å². The van der Waals surface area contributed by atoms with E-state index < -0.39 is 0 Å². The summed E-state index contributed by atoms with van der Waals surface area (Å²) in [6, 6.07) is 14.4. The number of thiophene rings is 1. The average molecular weight is 484 g/mol. The summed E-state index contributed by atoms with van der Waals surface area (Å²) < 4.78 is 0. The molecule has 4 nitrogen and oxygen atoms in total. The molecule has 0 atom stereocenters. The molecule has 1 aromatic carbocycles. The fourth-order valence-corrected chi connectivity index (χ4v) is 3.57. The zero-order valence-corrected chi connectivity index (χ0v) is 17.9. The topological polar surface area (TPSA) is 49.3 Å². The second kappa shape index (κ2) is 10.5. The van der Waals surface area contributed by atoms with Gasteiger partial charge in [0.1, 0.15) is 5.01 Å². The van der Waals surface area contributed by atoms with Crippen molar-refractivity contribution >= 4 is 52.6 Å². The van der Waals surface area contributed by atoms with Crippen molar-refractivity contribution in [3.63, 3.8) is 0 Å². The van der Waals surface area contributed by atoms with Gasteiger partial charge in [-0.2, -0.15) is 0 Å². The lowest BCUT2D eigenvalue weighted by Crippen LogP contribution is -2.36. The molecule has 7 heteroatoms. The predicted octanol–water partition coefficient (Wildman–Crippen LogP) is 4.74. The summed E-state index contributed by atoms with van der Waals surface area (Å²) in [5.74, 6) is 0.822. The SMILES string of the molecule is CCNC(=NCc1cccs1)NCc1nc(-c2ccccc2)cs1.I. The molecular formula is C18H21IN4S2. The van der Waals surface area contributed by atoms with Crippen LogP contribution in [0.25, 0.3) is 11.3 Å². The summed E-state index contributed by atoms with van der Waals surface area (Å²) in [7, 11) is 0. The molecular weight excluding hydrogens is 463 g/mol. The Hall–Kier alpha value is -1.45. The van der Waals surface area contributed by atoms with Gasteiger partial charge >= 0.3 is 0 Å². The molecule has 3 aromatic rings. The quantitative estimate of drug-likeness (QED) is 0.302. The van der Waals surface area contributed by atoms with Gasteiger partial charge in [-0.3, -0.25) is 0 Å². The molecule has 0 unspecified atom stereocenters. The molecule has 25 heavy (non-hydrogen) atoms. The summed E-state index contributed by atoms with van der Waals surface area (Å²) in [6.07, 6.45) is 0. The first-order valence-corrected chi connectivity index (χ1v) is 9.65. The molecule has 0 radical (unpaired) electrons. The first kappa shape index (κ1) is 19.9. The van der Waals surface area contributed by atoms with Crippen molar-refractivity contribution < 1.29 is 0 Å². The van der Waals surface area contributed by atoms with Crippen molar-refractivity contribution in [2.75, 3.05) is 6.54 Å². The van der Waals surface area contributed by atoms with E-state index in [0.717, 1.165) is 28.8 Å². The highest BCUT2D eigenvalue weighted by molar-refractivity contribution is 14.0. The van der Waals surface area contributed by atoms with E-state index in [0.29, 0.717) is 13.1 Å². The number of nitrogens with zero attached hydrogens (tertiary/aromatic N) is 2. The summed E-state index contributed by atoms with van der Waals surface area (Å²) >= 11 is 3.39. The van der Waals surface area contributed by atoms with Crippen LogP contribution in [0.1, 0.15) is 16.8 Å². The van der Waals surface area contributed by atoms with E-state index in [1.807, 2.05) is 18.2 Å². The third-order valence-electron chi connectivity index (χ3n) is 3.35. The zero-order valence-electron chi connectivity index (χ0n) is 13.9. The maximum absolute atomic E-state index is 4.70.